The minimum Gasteiger partial charge on any atom is -0.445 e. The highest BCUT2D eigenvalue weighted by Gasteiger charge is 2.28. The third kappa shape index (κ3) is 10.3. The maximum Gasteiger partial charge on any atom is 0.408 e. The Bertz CT molecular complexity index is 649. The minimum atomic E-state index is -0.820. The molecule has 168 valence electrons. The van der Waals surface area contributed by atoms with Crippen LogP contribution < -0.4 is 16.4 Å². The molecule has 0 spiro atoms. The molecule has 0 aromatic heterocycles. The van der Waals surface area contributed by atoms with Crippen molar-refractivity contribution in [1.82, 2.24) is 10.6 Å². The van der Waals surface area contributed by atoms with E-state index in [2.05, 4.69) is 17.6 Å². The summed E-state index contributed by atoms with van der Waals surface area (Å²) in [6.07, 6.45) is 6.30. The Morgan fingerprint density at radius 2 is 1.60 bits per heavy atom. The van der Waals surface area contributed by atoms with E-state index in [0.29, 0.717) is 6.42 Å². The fraction of sp³-hybridized carbons (Fsp3) is 0.609. The van der Waals surface area contributed by atoms with E-state index < -0.39 is 30.0 Å². The Labute approximate surface area is 180 Å². The van der Waals surface area contributed by atoms with E-state index >= 15 is 0 Å². The lowest BCUT2D eigenvalue weighted by Gasteiger charge is -2.24. The van der Waals surface area contributed by atoms with Crippen LogP contribution in [0, 0.1) is 5.92 Å². The van der Waals surface area contributed by atoms with Gasteiger partial charge in [0.25, 0.3) is 0 Å². The summed E-state index contributed by atoms with van der Waals surface area (Å²) in [6.45, 7) is 5.90. The largest absolute Gasteiger partial charge is 0.445 e. The molecule has 0 unspecified atom stereocenters. The van der Waals surface area contributed by atoms with Crippen LogP contribution in [0.5, 0.6) is 0 Å². The summed E-state index contributed by atoms with van der Waals surface area (Å²) in [5.41, 5.74) is 6.32. The van der Waals surface area contributed by atoms with Crippen LogP contribution in [0.1, 0.15) is 71.3 Å². The number of alkyl carbamates (subject to hydrolysis) is 1. The Morgan fingerprint density at radius 3 is 2.20 bits per heavy atom. The van der Waals surface area contributed by atoms with Crippen molar-refractivity contribution >= 4 is 17.9 Å². The maximum atomic E-state index is 12.7. The van der Waals surface area contributed by atoms with Crippen molar-refractivity contribution < 1.29 is 19.1 Å². The third-order valence-electron chi connectivity index (χ3n) is 4.94. The molecule has 3 amide bonds. The average Bonchev–Trinajstić information content (AvgIpc) is 2.72. The van der Waals surface area contributed by atoms with Gasteiger partial charge in [0.05, 0.1) is 0 Å². The highest BCUT2D eigenvalue weighted by molar-refractivity contribution is 5.90. The van der Waals surface area contributed by atoms with E-state index in [4.69, 9.17) is 10.5 Å². The highest BCUT2D eigenvalue weighted by Crippen LogP contribution is 2.10. The quantitative estimate of drug-likeness (QED) is 0.400. The molecule has 2 atom stereocenters. The predicted molar refractivity (Wildman–Crippen MR) is 118 cm³/mol. The van der Waals surface area contributed by atoms with Gasteiger partial charge in [0.1, 0.15) is 18.7 Å². The second kappa shape index (κ2) is 14.4. The number of primary amides is 1. The monoisotopic (exact) mass is 419 g/mol. The topological polar surface area (TPSA) is 111 Å². The molecule has 7 heteroatoms. The highest BCUT2D eigenvalue weighted by atomic mass is 16.5. The van der Waals surface area contributed by atoms with Crippen molar-refractivity contribution in [3.05, 3.63) is 35.9 Å². The van der Waals surface area contributed by atoms with Gasteiger partial charge in [-0.3, -0.25) is 9.59 Å². The van der Waals surface area contributed by atoms with Crippen LogP contribution >= 0.6 is 0 Å². The number of carbonyl (C=O) groups excluding carboxylic acids is 3. The van der Waals surface area contributed by atoms with Crippen molar-refractivity contribution in [2.24, 2.45) is 11.7 Å². The number of hydrogen-bond acceptors (Lipinski definition) is 4. The Morgan fingerprint density at radius 1 is 0.967 bits per heavy atom. The van der Waals surface area contributed by atoms with Crippen molar-refractivity contribution in [2.45, 2.75) is 84.4 Å². The molecule has 7 nitrogen and oxygen atoms in total. The van der Waals surface area contributed by atoms with E-state index in [1.165, 1.54) is 19.3 Å². The molecule has 0 fully saturated rings. The number of hydrogen-bond donors (Lipinski definition) is 3. The van der Waals surface area contributed by atoms with Gasteiger partial charge in [-0.05, 0) is 17.9 Å². The summed E-state index contributed by atoms with van der Waals surface area (Å²) >= 11 is 0. The van der Waals surface area contributed by atoms with Crippen LogP contribution in [0.2, 0.25) is 0 Å². The third-order valence-corrected chi connectivity index (χ3v) is 4.94. The second-order valence-corrected chi connectivity index (χ2v) is 7.95. The zero-order valence-corrected chi connectivity index (χ0v) is 18.5. The fourth-order valence-electron chi connectivity index (χ4n) is 3.10. The number of nitrogens with one attached hydrogen (secondary N) is 2. The summed E-state index contributed by atoms with van der Waals surface area (Å²) in [5, 5.41) is 5.29. The van der Waals surface area contributed by atoms with Crippen molar-refractivity contribution in [3.63, 3.8) is 0 Å². The molecule has 0 aliphatic rings. The number of ether oxygens (including phenoxy) is 1. The molecular weight excluding hydrogens is 382 g/mol. The summed E-state index contributed by atoms with van der Waals surface area (Å²) in [5.74, 6) is -1.18. The molecule has 30 heavy (non-hydrogen) atoms. The van der Waals surface area contributed by atoms with E-state index in [1.54, 1.807) is 0 Å². The van der Waals surface area contributed by atoms with Gasteiger partial charge in [-0.1, -0.05) is 89.6 Å². The molecule has 1 aromatic rings. The fourth-order valence-corrected chi connectivity index (χ4v) is 3.10. The number of amides is 3. The van der Waals surface area contributed by atoms with Gasteiger partial charge in [-0.2, -0.15) is 0 Å². The van der Waals surface area contributed by atoms with E-state index in [0.717, 1.165) is 24.8 Å². The SMILES string of the molecule is CCCCCCCC[C@@H](NC(=O)[C@@H](NC(=O)OCc1ccccc1)C(C)C)C(N)=O. The second-order valence-electron chi connectivity index (χ2n) is 7.95. The number of unbranched alkanes of at least 4 members (excludes halogenated alkanes) is 5. The van der Waals surface area contributed by atoms with Gasteiger partial charge in [0, 0.05) is 0 Å². The number of rotatable bonds is 14. The molecule has 0 saturated carbocycles. The van der Waals surface area contributed by atoms with Crippen LogP contribution in [-0.4, -0.2) is 30.0 Å². The van der Waals surface area contributed by atoms with Gasteiger partial charge in [0.2, 0.25) is 11.8 Å². The van der Waals surface area contributed by atoms with Gasteiger partial charge in [0.15, 0.2) is 0 Å². The lowest BCUT2D eigenvalue weighted by Crippen LogP contribution is -2.54. The number of benzene rings is 1. The molecule has 0 heterocycles. The van der Waals surface area contributed by atoms with E-state index in [9.17, 15) is 14.4 Å². The molecule has 1 rings (SSSR count). The van der Waals surface area contributed by atoms with Crippen LogP contribution in [0.4, 0.5) is 4.79 Å². The molecule has 0 radical (unpaired) electrons. The van der Waals surface area contributed by atoms with Gasteiger partial charge in [-0.15, -0.1) is 0 Å². The van der Waals surface area contributed by atoms with Crippen LogP contribution in [0.3, 0.4) is 0 Å². The molecule has 0 aliphatic heterocycles. The van der Waals surface area contributed by atoms with Gasteiger partial charge < -0.3 is 21.1 Å². The zero-order valence-electron chi connectivity index (χ0n) is 18.5. The Kier molecular flexibility index (Phi) is 12.2. The summed E-state index contributed by atoms with van der Waals surface area (Å²) in [4.78, 5) is 36.6. The van der Waals surface area contributed by atoms with E-state index in [1.807, 2.05) is 44.2 Å². The molecule has 0 bridgehead atoms. The van der Waals surface area contributed by atoms with Crippen molar-refractivity contribution in [2.75, 3.05) is 0 Å². The normalized spacial score (nSPS) is 12.8. The van der Waals surface area contributed by atoms with Gasteiger partial charge >= 0.3 is 6.09 Å². The van der Waals surface area contributed by atoms with Crippen molar-refractivity contribution in [3.8, 4) is 0 Å². The van der Waals surface area contributed by atoms with Crippen LogP contribution in [0.15, 0.2) is 30.3 Å². The first-order chi connectivity index (χ1) is 14.3. The Hall–Kier alpha value is -2.57. The lowest BCUT2D eigenvalue weighted by molar-refractivity contribution is -0.129. The molecule has 1 aromatic carbocycles. The molecular formula is C23H37N3O4. The lowest BCUT2D eigenvalue weighted by atomic mass is 10.0. The van der Waals surface area contributed by atoms with Crippen molar-refractivity contribution in [1.29, 1.82) is 0 Å². The number of carbonyl (C=O) groups is 3. The summed E-state index contributed by atoms with van der Waals surface area (Å²) in [7, 11) is 0. The van der Waals surface area contributed by atoms with Crippen LogP contribution in [0.25, 0.3) is 0 Å². The predicted octanol–water partition coefficient (Wildman–Crippen LogP) is 3.66. The summed E-state index contributed by atoms with van der Waals surface area (Å²) in [6, 6.07) is 7.72. The molecule has 4 N–H and O–H groups in total. The first kappa shape index (κ1) is 25.5. The smallest absolute Gasteiger partial charge is 0.408 e. The number of nitrogens with two attached hydrogens (primary N) is 1. The minimum absolute atomic E-state index is 0.112. The van der Waals surface area contributed by atoms with Crippen LogP contribution in [-0.2, 0) is 20.9 Å². The zero-order chi connectivity index (χ0) is 22.4. The summed E-state index contributed by atoms with van der Waals surface area (Å²) < 4.78 is 5.20. The molecule has 0 aliphatic carbocycles. The van der Waals surface area contributed by atoms with E-state index in [-0.39, 0.29) is 12.5 Å². The first-order valence-corrected chi connectivity index (χ1v) is 10.9. The standard InChI is InChI=1S/C23H37N3O4/c1-4-5-6-7-8-12-15-19(21(24)27)25-22(28)20(17(2)3)26-23(29)30-16-18-13-10-9-11-14-18/h9-11,13-14,17,19-20H,4-8,12,15-16H2,1-3H3,(H2,24,27)(H,25,28)(H,26,29)/t19-,20+/m1/s1. The van der Waals surface area contributed by atoms with Gasteiger partial charge in [-0.25, -0.2) is 4.79 Å². The maximum absolute atomic E-state index is 12.7. The Balaban J connectivity index is 2.52. The molecule has 0 saturated heterocycles. The average molecular weight is 420 g/mol. The first-order valence-electron chi connectivity index (χ1n) is 10.9.